The summed E-state index contributed by atoms with van der Waals surface area (Å²) in [6.07, 6.45) is -1.96. The maximum atomic E-state index is 12.2. The van der Waals surface area contributed by atoms with E-state index in [9.17, 15) is 19.5 Å². The lowest BCUT2D eigenvalue weighted by Gasteiger charge is -2.23. The molecule has 0 spiro atoms. The van der Waals surface area contributed by atoms with Gasteiger partial charge in [0, 0.05) is 18.2 Å². The van der Waals surface area contributed by atoms with Crippen LogP contribution < -0.4 is 11.2 Å². The molecular weight excluding hydrogens is 340 g/mol. The fourth-order valence-electron chi connectivity index (χ4n) is 3.09. The Morgan fingerprint density at radius 1 is 1.27 bits per heavy atom. The minimum Gasteiger partial charge on any atom is -0.456 e. The number of hydrogen-bond acceptors (Lipinski definition) is 6. The number of nitrogens with one attached hydrogen (secondary N) is 1. The number of carbonyl (C=O) groups excluding carboxylic acids is 1. The minimum atomic E-state index is -0.999. The fourth-order valence-corrected chi connectivity index (χ4v) is 3.09. The first kappa shape index (κ1) is 18.1. The van der Waals surface area contributed by atoms with Gasteiger partial charge in [-0.3, -0.25) is 14.3 Å². The number of H-pyrrole nitrogens is 1. The zero-order valence-corrected chi connectivity index (χ0v) is 14.4. The Labute approximate surface area is 149 Å². The van der Waals surface area contributed by atoms with Gasteiger partial charge in [-0.1, -0.05) is 25.1 Å². The molecule has 8 nitrogen and oxygen atoms in total. The quantitative estimate of drug-likeness (QED) is 0.776. The molecule has 2 heterocycles. The molecule has 0 radical (unpaired) electrons. The first-order valence-electron chi connectivity index (χ1n) is 8.29. The lowest BCUT2D eigenvalue weighted by Crippen LogP contribution is -2.35. The summed E-state index contributed by atoms with van der Waals surface area (Å²) < 4.78 is 12.4. The van der Waals surface area contributed by atoms with E-state index in [1.807, 2.05) is 0 Å². The van der Waals surface area contributed by atoms with E-state index in [1.165, 1.54) is 12.3 Å². The Morgan fingerprint density at radius 3 is 2.62 bits per heavy atom. The molecule has 26 heavy (non-hydrogen) atoms. The minimum absolute atomic E-state index is 0.391. The second kappa shape index (κ2) is 7.27. The molecule has 138 valence electrons. The number of aromatic nitrogens is 2. The molecular formula is C18H20N2O6. The number of aromatic amines is 1. The highest BCUT2D eigenvalue weighted by Gasteiger charge is 2.45. The Bertz CT molecular complexity index is 890. The fraction of sp³-hybridized carbons (Fsp3) is 0.389. The van der Waals surface area contributed by atoms with Crippen molar-refractivity contribution in [2.24, 2.45) is 5.92 Å². The molecule has 1 unspecified atom stereocenters. The van der Waals surface area contributed by atoms with E-state index in [1.54, 1.807) is 44.2 Å². The van der Waals surface area contributed by atoms with Crippen molar-refractivity contribution in [2.75, 3.05) is 0 Å². The first-order valence-corrected chi connectivity index (χ1v) is 8.29. The summed E-state index contributed by atoms with van der Waals surface area (Å²) in [5, 5.41) is 10.5. The van der Waals surface area contributed by atoms with Gasteiger partial charge in [0.25, 0.3) is 5.56 Å². The summed E-state index contributed by atoms with van der Waals surface area (Å²) in [4.78, 5) is 37.5. The average molecular weight is 360 g/mol. The summed E-state index contributed by atoms with van der Waals surface area (Å²) >= 11 is 0. The Kier molecular flexibility index (Phi) is 5.06. The van der Waals surface area contributed by atoms with E-state index in [4.69, 9.17) is 9.47 Å². The third-order valence-corrected chi connectivity index (χ3v) is 4.54. The van der Waals surface area contributed by atoms with E-state index in [-0.39, 0.29) is 0 Å². The van der Waals surface area contributed by atoms with Gasteiger partial charge in [-0.25, -0.2) is 9.59 Å². The Balaban J connectivity index is 1.75. The molecule has 1 aromatic carbocycles. The molecule has 0 amide bonds. The number of carbonyl (C=O) groups is 1. The highest BCUT2D eigenvalue weighted by atomic mass is 16.6. The zero-order valence-electron chi connectivity index (χ0n) is 14.4. The predicted octanol–water partition coefficient (Wildman–Crippen LogP) is 0.676. The van der Waals surface area contributed by atoms with Crippen LogP contribution in [0.25, 0.3) is 0 Å². The smallest absolute Gasteiger partial charge is 0.338 e. The monoisotopic (exact) mass is 360 g/mol. The lowest BCUT2D eigenvalue weighted by molar-refractivity contribution is -0.0808. The largest absolute Gasteiger partial charge is 0.456 e. The van der Waals surface area contributed by atoms with Gasteiger partial charge in [0.2, 0.25) is 0 Å². The van der Waals surface area contributed by atoms with Crippen molar-refractivity contribution in [3.8, 4) is 0 Å². The molecule has 5 atom stereocenters. The number of hydrogen-bond donors (Lipinski definition) is 2. The van der Waals surface area contributed by atoms with E-state index in [2.05, 4.69) is 4.98 Å². The molecule has 0 saturated carbocycles. The molecule has 0 bridgehead atoms. The SMILES string of the molecule is C[C@@H]1C([C@@H](C)OC(=O)c2ccccc2)O[C@@H](n2ccc(=O)[nH]c2=O)[C@@H]1O. The van der Waals surface area contributed by atoms with Gasteiger partial charge >= 0.3 is 11.7 Å². The van der Waals surface area contributed by atoms with Crippen LogP contribution in [0, 0.1) is 5.92 Å². The van der Waals surface area contributed by atoms with Gasteiger partial charge in [-0.15, -0.1) is 0 Å². The van der Waals surface area contributed by atoms with Crippen molar-refractivity contribution in [1.29, 1.82) is 0 Å². The molecule has 1 aromatic heterocycles. The van der Waals surface area contributed by atoms with Gasteiger partial charge in [0.05, 0.1) is 5.56 Å². The Hall–Kier alpha value is -2.71. The van der Waals surface area contributed by atoms with Crippen LogP contribution in [0.3, 0.4) is 0 Å². The summed E-state index contributed by atoms with van der Waals surface area (Å²) in [6, 6.07) is 9.73. The van der Waals surface area contributed by atoms with Gasteiger partial charge in [-0.05, 0) is 19.1 Å². The van der Waals surface area contributed by atoms with Crippen molar-refractivity contribution in [3.63, 3.8) is 0 Å². The third kappa shape index (κ3) is 3.47. The van der Waals surface area contributed by atoms with Crippen LogP contribution in [0.2, 0.25) is 0 Å². The Morgan fingerprint density at radius 2 is 1.96 bits per heavy atom. The molecule has 3 rings (SSSR count). The van der Waals surface area contributed by atoms with Gasteiger partial charge in [0.15, 0.2) is 6.23 Å². The number of esters is 1. The topological polar surface area (TPSA) is 111 Å². The highest BCUT2D eigenvalue weighted by molar-refractivity contribution is 5.89. The van der Waals surface area contributed by atoms with E-state index in [0.29, 0.717) is 5.56 Å². The van der Waals surface area contributed by atoms with Crippen molar-refractivity contribution in [3.05, 3.63) is 69.0 Å². The van der Waals surface area contributed by atoms with E-state index in [0.717, 1.165) is 4.57 Å². The number of ether oxygens (including phenoxy) is 2. The normalized spacial score (nSPS) is 26.4. The number of aliphatic hydroxyl groups excluding tert-OH is 1. The summed E-state index contributed by atoms with van der Waals surface area (Å²) in [6.45, 7) is 3.42. The highest BCUT2D eigenvalue weighted by Crippen LogP contribution is 2.35. The van der Waals surface area contributed by atoms with Crippen LogP contribution in [-0.2, 0) is 9.47 Å². The summed E-state index contributed by atoms with van der Waals surface area (Å²) in [5.74, 6) is -0.884. The second-order valence-corrected chi connectivity index (χ2v) is 6.33. The van der Waals surface area contributed by atoms with Crippen LogP contribution in [0.1, 0.15) is 30.4 Å². The molecule has 8 heteroatoms. The maximum Gasteiger partial charge on any atom is 0.338 e. The number of rotatable bonds is 4. The number of aliphatic hydroxyl groups is 1. The van der Waals surface area contributed by atoms with Crippen LogP contribution >= 0.6 is 0 Å². The molecule has 2 aromatic rings. The molecule has 0 aliphatic carbocycles. The van der Waals surface area contributed by atoms with Crippen molar-refractivity contribution >= 4 is 5.97 Å². The van der Waals surface area contributed by atoms with Crippen LogP contribution in [-0.4, -0.2) is 38.9 Å². The maximum absolute atomic E-state index is 12.2. The summed E-state index contributed by atoms with van der Waals surface area (Å²) in [7, 11) is 0. The van der Waals surface area contributed by atoms with Gasteiger partial charge < -0.3 is 14.6 Å². The lowest BCUT2D eigenvalue weighted by atomic mass is 9.97. The second-order valence-electron chi connectivity index (χ2n) is 6.33. The van der Waals surface area contributed by atoms with Gasteiger partial charge in [-0.2, -0.15) is 0 Å². The molecule has 1 saturated heterocycles. The number of benzene rings is 1. The van der Waals surface area contributed by atoms with Crippen molar-refractivity contribution < 1.29 is 19.4 Å². The van der Waals surface area contributed by atoms with Crippen LogP contribution in [0.15, 0.2) is 52.2 Å². The van der Waals surface area contributed by atoms with Crippen molar-refractivity contribution in [2.45, 2.75) is 38.4 Å². The first-order chi connectivity index (χ1) is 12.4. The molecule has 1 fully saturated rings. The summed E-state index contributed by atoms with van der Waals surface area (Å²) in [5.41, 5.74) is -0.796. The van der Waals surface area contributed by atoms with Gasteiger partial charge in [0.1, 0.15) is 18.3 Å². The van der Waals surface area contributed by atoms with Crippen molar-refractivity contribution in [1.82, 2.24) is 9.55 Å². The van der Waals surface area contributed by atoms with Crippen LogP contribution in [0.4, 0.5) is 0 Å². The molecule has 1 aliphatic heterocycles. The number of nitrogens with zero attached hydrogens (tertiary/aromatic N) is 1. The zero-order chi connectivity index (χ0) is 18.8. The molecule has 1 aliphatic rings. The molecule has 2 N–H and O–H groups in total. The van der Waals surface area contributed by atoms with E-state index < -0.39 is 47.7 Å². The van der Waals surface area contributed by atoms with Crippen LogP contribution in [0.5, 0.6) is 0 Å². The predicted molar refractivity (Wildman–Crippen MR) is 91.7 cm³/mol. The van der Waals surface area contributed by atoms with E-state index >= 15 is 0 Å². The average Bonchev–Trinajstić information content (AvgIpc) is 2.91. The standard InChI is InChI=1S/C18H20N2O6/c1-10-14(22)16(20-9-8-13(21)19-18(20)24)26-15(10)11(2)25-17(23)12-6-4-3-5-7-12/h3-11,14-16,22H,1-2H3,(H,19,21,24)/t10-,11+,14+,15?,16+/m0/s1. The third-order valence-electron chi connectivity index (χ3n) is 4.54.